The van der Waals surface area contributed by atoms with Crippen molar-refractivity contribution in [3.63, 3.8) is 0 Å². The summed E-state index contributed by atoms with van der Waals surface area (Å²) in [5, 5.41) is 20.9. The third kappa shape index (κ3) is 12.6. The number of carbonyl (C=O) groups excluding carboxylic acids is 1. The smallest absolute Gasteiger partial charge is 0.423 e. The predicted molar refractivity (Wildman–Crippen MR) is 232 cm³/mol. The molecule has 0 amide bonds. The number of hydrogen-bond donors (Lipinski definition) is 3. The first kappa shape index (κ1) is 42.3. The summed E-state index contributed by atoms with van der Waals surface area (Å²) in [7, 11) is -1.19. The van der Waals surface area contributed by atoms with Crippen LogP contribution < -0.4 is 21.8 Å². The molecule has 0 saturated carbocycles. The highest BCUT2D eigenvalue weighted by atomic mass is 31.1. The van der Waals surface area contributed by atoms with Gasteiger partial charge in [0.1, 0.15) is 6.29 Å². The molecule has 2 aliphatic rings. The number of hydrogen-bond acceptors (Lipinski definition) is 4. The Hall–Kier alpha value is -3.43. The van der Waals surface area contributed by atoms with E-state index in [1.807, 2.05) is 55.5 Å². The van der Waals surface area contributed by atoms with Crippen LogP contribution in [0, 0.1) is 13.8 Å². The Labute approximate surface area is 321 Å². The van der Waals surface area contributed by atoms with Gasteiger partial charge in [-0.3, -0.25) is 4.79 Å². The molecule has 0 aliphatic carbocycles. The third-order valence-corrected chi connectivity index (χ3v) is 17.1. The molecule has 5 atom stereocenters. The molecule has 2 fully saturated rings. The lowest BCUT2D eigenvalue weighted by atomic mass is 9.80. The Kier molecular flexibility index (Phi) is 17.1. The van der Waals surface area contributed by atoms with Gasteiger partial charge in [0.25, 0.3) is 0 Å². The monoisotopic (exact) mass is 745 g/mol. The highest BCUT2D eigenvalue weighted by Crippen LogP contribution is 2.58. The molecule has 0 bridgehead atoms. The van der Waals surface area contributed by atoms with Crippen molar-refractivity contribution in [2.45, 2.75) is 95.9 Å². The van der Waals surface area contributed by atoms with Gasteiger partial charge in [-0.2, -0.15) is 0 Å². The van der Waals surface area contributed by atoms with Gasteiger partial charge >= 0.3 is 7.12 Å². The van der Waals surface area contributed by atoms with Crippen LogP contribution in [-0.2, 0) is 0 Å². The lowest BCUT2D eigenvalue weighted by molar-refractivity contribution is 0.112. The topological polar surface area (TPSA) is 83.6 Å². The summed E-state index contributed by atoms with van der Waals surface area (Å²) in [6.07, 6.45) is 6.63. The zero-order valence-corrected chi connectivity index (χ0v) is 34.1. The van der Waals surface area contributed by atoms with Crippen molar-refractivity contribution in [2.75, 3.05) is 0 Å². The summed E-state index contributed by atoms with van der Waals surface area (Å²) in [6.45, 7) is 14.0. The minimum Gasteiger partial charge on any atom is -0.423 e. The Morgan fingerprint density at radius 2 is 0.925 bits per heavy atom. The van der Waals surface area contributed by atoms with Gasteiger partial charge in [0.2, 0.25) is 0 Å². The first-order valence-corrected chi connectivity index (χ1v) is 21.9. The Balaban J connectivity index is 0.000000168. The van der Waals surface area contributed by atoms with Crippen molar-refractivity contribution in [1.29, 1.82) is 0 Å². The van der Waals surface area contributed by atoms with Gasteiger partial charge in [-0.15, -0.1) is 0 Å². The molecule has 5 aromatic rings. The molecule has 2 aliphatic heterocycles. The minimum absolute atomic E-state index is 0.0215. The van der Waals surface area contributed by atoms with Crippen molar-refractivity contribution >= 4 is 45.3 Å². The van der Waals surface area contributed by atoms with Crippen LogP contribution in [0.25, 0.3) is 0 Å². The normalized spacial score (nSPS) is 20.1. The molecule has 278 valence electrons. The fraction of sp³-hybridized carbons (Fsp3) is 0.326. The van der Waals surface area contributed by atoms with Crippen LogP contribution in [0.15, 0.2) is 133 Å². The summed E-state index contributed by atoms with van der Waals surface area (Å²) in [5.74, 6) is 0. The first-order chi connectivity index (χ1) is 25.5. The fourth-order valence-electron chi connectivity index (χ4n) is 7.14. The second-order valence-electron chi connectivity index (χ2n) is 14.5. The summed E-state index contributed by atoms with van der Waals surface area (Å²) >= 11 is 0. The van der Waals surface area contributed by atoms with Gasteiger partial charge in [0.05, 0.1) is 6.04 Å². The van der Waals surface area contributed by atoms with E-state index < -0.39 is 7.12 Å². The van der Waals surface area contributed by atoms with Crippen LogP contribution in [0.5, 0.6) is 0 Å². The number of aldehydes is 1. The van der Waals surface area contributed by atoms with E-state index in [4.69, 9.17) is 15.8 Å². The molecule has 0 radical (unpaired) electrons. The zero-order chi connectivity index (χ0) is 38.3. The lowest BCUT2D eigenvalue weighted by Gasteiger charge is -2.30. The molecule has 2 saturated heterocycles. The van der Waals surface area contributed by atoms with E-state index in [-0.39, 0.29) is 21.9 Å². The van der Waals surface area contributed by atoms with E-state index in [1.165, 1.54) is 31.2 Å². The van der Waals surface area contributed by atoms with E-state index in [1.54, 1.807) is 34.9 Å². The van der Waals surface area contributed by atoms with Crippen LogP contribution in [0.2, 0.25) is 0 Å². The Morgan fingerprint density at radius 3 is 1.30 bits per heavy atom. The van der Waals surface area contributed by atoms with E-state index in [0.29, 0.717) is 5.46 Å². The third-order valence-electron chi connectivity index (χ3n) is 10.2. The molecule has 0 aromatic heterocycles. The molecule has 5 aromatic carbocycles. The van der Waals surface area contributed by atoms with Crippen molar-refractivity contribution in [3.8, 4) is 0 Å². The lowest BCUT2D eigenvalue weighted by Crippen LogP contribution is -2.29. The van der Waals surface area contributed by atoms with Crippen LogP contribution in [-0.4, -0.2) is 46.1 Å². The first-order valence-electron chi connectivity index (χ1n) is 19.0. The van der Waals surface area contributed by atoms with Crippen LogP contribution in [0.3, 0.4) is 0 Å². The number of nitrogens with two attached hydrogens (primary N) is 1. The van der Waals surface area contributed by atoms with Gasteiger partial charge < -0.3 is 15.8 Å². The van der Waals surface area contributed by atoms with Crippen LogP contribution in [0.1, 0.15) is 92.0 Å². The van der Waals surface area contributed by atoms with E-state index in [2.05, 4.69) is 95.3 Å². The van der Waals surface area contributed by atoms with Gasteiger partial charge in [-0.05, 0) is 89.4 Å². The summed E-state index contributed by atoms with van der Waals surface area (Å²) in [6, 6.07) is 44.2. The van der Waals surface area contributed by atoms with E-state index in [0.717, 1.165) is 51.2 Å². The molecule has 2 heterocycles. The second kappa shape index (κ2) is 21.5. The average Bonchev–Trinajstić information content (AvgIpc) is 3.70. The molecule has 4 nitrogen and oxygen atoms in total. The molecule has 0 spiro atoms. The zero-order valence-electron chi connectivity index (χ0n) is 32.3. The number of benzene rings is 5. The Morgan fingerprint density at radius 1 is 0.566 bits per heavy atom. The van der Waals surface area contributed by atoms with Gasteiger partial charge in [-0.25, -0.2) is 0 Å². The standard InChI is InChI=1S/C18H28P2.C14H15N.C7H9BO2.C7H6O/c1-13-9-10-14(2)19(13)17-7-5-6-8-18(17)20-15(3)11-12-16(20)4;1-11-7-9-13(10-8-11)14(15)12-5-3-2-4-6-12;1-6-2-4-7(5-3-6)8(9)10;8-6-7-4-2-1-3-5-7/h5-8,13-16H,9-12H2,1-4H3;2-10,14H,15H2,1H3;2-5,9-10H,1H3;1-6H/t13-,14-,15-,16-;;;/m0.../s1. The van der Waals surface area contributed by atoms with Crippen molar-refractivity contribution in [3.05, 3.63) is 161 Å². The highest BCUT2D eigenvalue weighted by molar-refractivity contribution is 7.73. The SMILES string of the molecule is C[C@H]1CC[C@H](C)P1c1ccccc1P1[C@@H](C)CC[C@@H]1C.Cc1ccc(B(O)O)cc1.Cc1ccc(C(N)c2ccccc2)cc1.O=Cc1ccccc1. The van der Waals surface area contributed by atoms with E-state index in [9.17, 15) is 4.79 Å². The molecule has 1 unspecified atom stereocenters. The predicted octanol–water partition coefficient (Wildman–Crippen LogP) is 9.26. The van der Waals surface area contributed by atoms with Crippen molar-refractivity contribution in [2.24, 2.45) is 5.73 Å². The minimum atomic E-state index is -1.35. The highest BCUT2D eigenvalue weighted by Gasteiger charge is 2.37. The van der Waals surface area contributed by atoms with E-state index >= 15 is 0 Å². The van der Waals surface area contributed by atoms with Crippen molar-refractivity contribution < 1.29 is 14.8 Å². The summed E-state index contributed by atoms with van der Waals surface area (Å²) < 4.78 is 0. The fourth-order valence-corrected chi connectivity index (χ4v) is 14.4. The molecule has 53 heavy (non-hydrogen) atoms. The van der Waals surface area contributed by atoms with Crippen LogP contribution >= 0.6 is 15.8 Å². The maximum atomic E-state index is 10.0. The molecular weight excluding hydrogens is 687 g/mol. The molecule has 4 N–H and O–H groups in total. The Bertz CT molecular complexity index is 1730. The van der Waals surface area contributed by atoms with Crippen LogP contribution in [0.4, 0.5) is 0 Å². The van der Waals surface area contributed by atoms with Gasteiger partial charge in [-0.1, -0.05) is 188 Å². The van der Waals surface area contributed by atoms with Crippen molar-refractivity contribution in [1.82, 2.24) is 0 Å². The van der Waals surface area contributed by atoms with Gasteiger partial charge in [0.15, 0.2) is 0 Å². The summed E-state index contributed by atoms with van der Waals surface area (Å²) in [5.41, 5.74) is 15.9. The quantitative estimate of drug-likeness (QED) is 0.0920. The molecule has 7 rings (SSSR count). The summed E-state index contributed by atoms with van der Waals surface area (Å²) in [4.78, 5) is 10.0. The number of aryl methyl sites for hydroxylation is 2. The molecule has 7 heteroatoms. The largest absolute Gasteiger partial charge is 0.488 e. The molecular formula is C46H58BNO3P2. The number of carbonyl (C=O) groups is 1. The second-order valence-corrected chi connectivity index (χ2v) is 20.6. The number of rotatable bonds is 6. The maximum Gasteiger partial charge on any atom is 0.488 e. The average molecular weight is 746 g/mol. The maximum absolute atomic E-state index is 10.0. The van der Waals surface area contributed by atoms with Gasteiger partial charge in [0, 0.05) is 5.56 Å².